The van der Waals surface area contributed by atoms with Crippen LogP contribution in [0.15, 0.2) is 0 Å². The van der Waals surface area contributed by atoms with E-state index in [-0.39, 0.29) is 44.9 Å². The first-order chi connectivity index (χ1) is 12.9. The summed E-state index contributed by atoms with van der Waals surface area (Å²) >= 11 is 0. The van der Waals surface area contributed by atoms with Crippen molar-refractivity contribution < 1.29 is 21.6 Å². The molecule has 2 aliphatic rings. The Kier molecular flexibility index (Phi) is 6.54. The maximum atomic E-state index is 13.4. The quantitative estimate of drug-likeness (QED) is 0.529. The lowest BCUT2D eigenvalue weighted by atomic mass is 9.70. The van der Waals surface area contributed by atoms with Crippen molar-refractivity contribution >= 4 is 32.0 Å². The Labute approximate surface area is 179 Å². The van der Waals surface area contributed by atoms with Gasteiger partial charge in [-0.05, 0) is 24.2 Å². The summed E-state index contributed by atoms with van der Waals surface area (Å²) in [7, 11) is -6.22. The minimum absolute atomic E-state index is 0.0152. The van der Waals surface area contributed by atoms with E-state index in [4.69, 9.17) is 3.63 Å². The standard InChI is InChI=1S/C22H40O5S2/c1-15(2)28(16(3)4,13-19(24)20(5,6)7)27-29(25,26)14-22-11-10-17(12-18(22)23)21(22,8)9/h15-17H,10-14H2,1-9H3. The van der Waals surface area contributed by atoms with Crippen LogP contribution in [0.1, 0.15) is 81.6 Å². The zero-order chi connectivity index (χ0) is 22.6. The van der Waals surface area contributed by atoms with Crippen molar-refractivity contribution in [1.82, 2.24) is 0 Å². The van der Waals surface area contributed by atoms with Crippen LogP contribution in [0.4, 0.5) is 0 Å². The van der Waals surface area contributed by atoms with E-state index in [9.17, 15) is 18.0 Å². The van der Waals surface area contributed by atoms with Gasteiger partial charge in [-0.15, -0.1) is 10.3 Å². The SMILES string of the molecule is CC(C)S(CC(=O)C(C)(C)C)(OS(=O)(=O)CC12CCC(CC1=O)C2(C)C)C(C)C. The van der Waals surface area contributed by atoms with Gasteiger partial charge >= 0.3 is 0 Å². The maximum absolute atomic E-state index is 13.4. The molecule has 2 aliphatic carbocycles. The van der Waals surface area contributed by atoms with E-state index in [1.807, 2.05) is 62.3 Å². The smallest absolute Gasteiger partial charge is 0.277 e. The molecule has 2 fully saturated rings. The van der Waals surface area contributed by atoms with E-state index >= 15 is 0 Å². The summed E-state index contributed by atoms with van der Waals surface area (Å²) in [4.78, 5) is 25.7. The molecule has 5 nitrogen and oxygen atoms in total. The van der Waals surface area contributed by atoms with Crippen molar-refractivity contribution in [3.05, 3.63) is 0 Å². The normalized spacial score (nSPS) is 27.8. The molecular weight excluding hydrogens is 408 g/mol. The Bertz CT molecular complexity index is 766. The van der Waals surface area contributed by atoms with E-state index < -0.39 is 31.3 Å². The van der Waals surface area contributed by atoms with Crippen LogP contribution in [-0.4, -0.2) is 42.0 Å². The number of rotatable bonds is 8. The molecule has 170 valence electrons. The molecule has 0 aromatic carbocycles. The van der Waals surface area contributed by atoms with E-state index in [1.165, 1.54) is 0 Å². The summed E-state index contributed by atoms with van der Waals surface area (Å²) < 4.78 is 32.8. The lowest BCUT2D eigenvalue weighted by molar-refractivity contribution is -0.128. The summed E-state index contributed by atoms with van der Waals surface area (Å²) in [6, 6.07) is 0. The molecule has 2 atom stereocenters. The van der Waals surface area contributed by atoms with Crippen molar-refractivity contribution in [2.24, 2.45) is 22.2 Å². The molecule has 0 amide bonds. The van der Waals surface area contributed by atoms with Crippen LogP contribution in [0.5, 0.6) is 0 Å². The van der Waals surface area contributed by atoms with Crippen LogP contribution in [0.25, 0.3) is 0 Å². The third-order valence-electron chi connectivity index (χ3n) is 7.58. The second-order valence-corrected chi connectivity index (χ2v) is 16.8. The van der Waals surface area contributed by atoms with Crippen LogP contribution in [0.2, 0.25) is 0 Å². The zero-order valence-corrected chi connectivity index (χ0v) is 21.3. The van der Waals surface area contributed by atoms with Crippen LogP contribution in [0.3, 0.4) is 0 Å². The average Bonchev–Trinajstić information content (AvgIpc) is 2.86. The molecule has 29 heavy (non-hydrogen) atoms. The number of hydrogen-bond acceptors (Lipinski definition) is 5. The molecule has 0 saturated heterocycles. The summed E-state index contributed by atoms with van der Waals surface area (Å²) in [5.41, 5.74) is -1.75. The Balaban J connectivity index is 2.40. The zero-order valence-electron chi connectivity index (χ0n) is 19.6. The van der Waals surface area contributed by atoms with E-state index in [1.54, 1.807) is 0 Å². The molecule has 0 radical (unpaired) electrons. The maximum Gasteiger partial charge on any atom is 0.277 e. The fraction of sp³-hybridized carbons (Fsp3) is 0.909. The van der Waals surface area contributed by atoms with Gasteiger partial charge in [0.25, 0.3) is 10.1 Å². The number of carbonyl (C=O) groups is 2. The van der Waals surface area contributed by atoms with Gasteiger partial charge in [0.05, 0.1) is 16.9 Å². The van der Waals surface area contributed by atoms with Crippen molar-refractivity contribution in [2.45, 2.75) is 92.1 Å². The molecule has 0 spiro atoms. The van der Waals surface area contributed by atoms with Crippen LogP contribution >= 0.6 is 10.3 Å². The van der Waals surface area contributed by atoms with E-state index in [0.29, 0.717) is 12.8 Å². The number of hydrogen-bond donors (Lipinski definition) is 0. The number of ketones is 2. The van der Waals surface area contributed by atoms with Gasteiger partial charge in [0.15, 0.2) is 0 Å². The molecule has 2 unspecified atom stereocenters. The van der Waals surface area contributed by atoms with Gasteiger partial charge in [-0.3, -0.25) is 9.59 Å². The van der Waals surface area contributed by atoms with Gasteiger partial charge in [-0.2, -0.15) is 8.42 Å². The van der Waals surface area contributed by atoms with Gasteiger partial charge in [-0.1, -0.05) is 62.3 Å². The second kappa shape index (κ2) is 7.63. The monoisotopic (exact) mass is 448 g/mol. The highest BCUT2D eigenvalue weighted by Gasteiger charge is 2.65. The van der Waals surface area contributed by atoms with Gasteiger partial charge in [0, 0.05) is 22.3 Å². The summed E-state index contributed by atoms with van der Waals surface area (Å²) in [6.07, 6.45) is 1.97. The number of fused-ring (bicyclic) bond motifs is 2. The van der Waals surface area contributed by atoms with Gasteiger partial charge in [0.2, 0.25) is 0 Å². The third kappa shape index (κ3) is 4.20. The fourth-order valence-electron chi connectivity index (χ4n) is 5.11. The number of carbonyl (C=O) groups excluding carboxylic acids is 2. The van der Waals surface area contributed by atoms with Crippen LogP contribution in [0, 0.1) is 22.2 Å². The fourth-order valence-corrected chi connectivity index (χ4v) is 12.2. The minimum atomic E-state index is -3.99. The largest absolute Gasteiger partial charge is 0.299 e. The third-order valence-corrected chi connectivity index (χ3v) is 14.2. The van der Waals surface area contributed by atoms with Crippen molar-refractivity contribution in [2.75, 3.05) is 11.5 Å². The predicted octanol–water partition coefficient (Wildman–Crippen LogP) is 4.88. The average molecular weight is 449 g/mol. The molecule has 2 rings (SSSR count). The first-order valence-electron chi connectivity index (χ1n) is 10.7. The summed E-state index contributed by atoms with van der Waals surface area (Å²) in [5.74, 6) is 0.186. The molecule has 0 aromatic rings. The molecule has 0 heterocycles. The Morgan fingerprint density at radius 3 is 2.00 bits per heavy atom. The first-order valence-corrected chi connectivity index (χ1v) is 14.1. The summed E-state index contributed by atoms with van der Waals surface area (Å²) in [5, 5.41) is -0.186. The van der Waals surface area contributed by atoms with Crippen molar-refractivity contribution in [3.8, 4) is 0 Å². The molecule has 2 bridgehead atoms. The predicted molar refractivity (Wildman–Crippen MR) is 121 cm³/mol. The molecular formula is C22H40O5S2. The topological polar surface area (TPSA) is 77.5 Å². The summed E-state index contributed by atoms with van der Waals surface area (Å²) in [6.45, 7) is 17.4. The van der Waals surface area contributed by atoms with Crippen LogP contribution in [-0.2, 0) is 23.3 Å². The molecule has 7 heteroatoms. The van der Waals surface area contributed by atoms with Gasteiger partial charge in [-0.25, -0.2) is 3.63 Å². The van der Waals surface area contributed by atoms with Crippen LogP contribution < -0.4 is 0 Å². The molecule has 0 aromatic heterocycles. The van der Waals surface area contributed by atoms with E-state index in [2.05, 4.69) is 0 Å². The Hall–Kier alpha value is -0.400. The number of Topliss-reactive ketones (excluding diaryl/α,β-unsaturated/α-hetero) is 2. The van der Waals surface area contributed by atoms with E-state index in [0.717, 1.165) is 6.42 Å². The first kappa shape index (κ1) is 24.9. The lowest BCUT2D eigenvalue weighted by Gasteiger charge is -2.47. The highest BCUT2D eigenvalue weighted by molar-refractivity contribution is 8.34. The molecule has 2 saturated carbocycles. The minimum Gasteiger partial charge on any atom is -0.299 e. The molecule has 0 N–H and O–H groups in total. The Morgan fingerprint density at radius 1 is 1.14 bits per heavy atom. The second-order valence-electron chi connectivity index (χ2n) is 11.1. The highest BCUT2D eigenvalue weighted by Crippen LogP contribution is 2.65. The highest BCUT2D eigenvalue weighted by atomic mass is 32.3. The lowest BCUT2D eigenvalue weighted by Crippen LogP contribution is -2.44. The van der Waals surface area contributed by atoms with Crippen molar-refractivity contribution in [1.29, 1.82) is 0 Å². The molecule has 0 aliphatic heterocycles. The Morgan fingerprint density at radius 2 is 1.66 bits per heavy atom. The van der Waals surface area contributed by atoms with Crippen molar-refractivity contribution in [3.63, 3.8) is 0 Å². The van der Waals surface area contributed by atoms with Gasteiger partial charge in [0.1, 0.15) is 11.6 Å². The van der Waals surface area contributed by atoms with Gasteiger partial charge < -0.3 is 0 Å².